The Kier molecular flexibility index (Phi) is 8.43. The smallest absolute Gasteiger partial charge is 0.251 e. The van der Waals surface area contributed by atoms with E-state index in [9.17, 15) is 9.59 Å². The van der Waals surface area contributed by atoms with Crippen LogP contribution in [0.25, 0.3) is 0 Å². The van der Waals surface area contributed by atoms with Gasteiger partial charge in [-0.15, -0.1) is 16.8 Å². The molecular weight excluding hydrogens is 434 g/mol. The average molecular weight is 464 g/mol. The third-order valence-electron chi connectivity index (χ3n) is 5.08. The monoisotopic (exact) mass is 463 g/mol. The normalized spacial score (nSPS) is 11.6. The second-order valence-corrected chi connectivity index (χ2v) is 8.63. The van der Waals surface area contributed by atoms with Crippen LogP contribution in [0.2, 0.25) is 0 Å². The summed E-state index contributed by atoms with van der Waals surface area (Å²) in [7, 11) is 0. The molecule has 0 saturated carbocycles. The molecule has 0 fully saturated rings. The van der Waals surface area contributed by atoms with Crippen LogP contribution in [-0.2, 0) is 17.8 Å². The SMILES string of the molecule is C=CCn1c(SCC(=O)Nc2ccc(CC)cc2)nnc1[C@@H](C)NC(=O)c1ccc(C)cc1. The molecule has 33 heavy (non-hydrogen) atoms. The van der Waals surface area contributed by atoms with Crippen LogP contribution in [0.5, 0.6) is 0 Å². The van der Waals surface area contributed by atoms with Crippen LogP contribution in [0.15, 0.2) is 66.3 Å². The van der Waals surface area contributed by atoms with Crippen LogP contribution in [0, 0.1) is 6.92 Å². The third kappa shape index (κ3) is 6.55. The summed E-state index contributed by atoms with van der Waals surface area (Å²) in [6.45, 7) is 10.2. The molecule has 8 heteroatoms. The van der Waals surface area contributed by atoms with Gasteiger partial charge in [0.15, 0.2) is 11.0 Å². The number of carbonyl (C=O) groups excluding carboxylic acids is 2. The van der Waals surface area contributed by atoms with E-state index in [0.29, 0.717) is 23.1 Å². The summed E-state index contributed by atoms with van der Waals surface area (Å²) in [5.41, 5.74) is 3.66. The Labute approximate surface area is 198 Å². The molecule has 0 aliphatic carbocycles. The summed E-state index contributed by atoms with van der Waals surface area (Å²) in [5.74, 6) is 0.487. The summed E-state index contributed by atoms with van der Waals surface area (Å²) in [5, 5.41) is 15.0. The second-order valence-electron chi connectivity index (χ2n) is 7.69. The van der Waals surface area contributed by atoms with Crippen molar-refractivity contribution in [3.63, 3.8) is 0 Å². The predicted molar refractivity (Wildman–Crippen MR) is 132 cm³/mol. The highest BCUT2D eigenvalue weighted by molar-refractivity contribution is 7.99. The Hall–Kier alpha value is -3.39. The number of rotatable bonds is 10. The number of anilines is 1. The molecule has 0 radical (unpaired) electrons. The third-order valence-corrected chi connectivity index (χ3v) is 6.05. The number of nitrogens with one attached hydrogen (secondary N) is 2. The van der Waals surface area contributed by atoms with E-state index in [2.05, 4.69) is 34.3 Å². The van der Waals surface area contributed by atoms with Crippen LogP contribution in [0.3, 0.4) is 0 Å². The lowest BCUT2D eigenvalue weighted by atomic mass is 10.1. The minimum absolute atomic E-state index is 0.125. The van der Waals surface area contributed by atoms with Gasteiger partial charge < -0.3 is 15.2 Å². The maximum Gasteiger partial charge on any atom is 0.251 e. The molecule has 3 aromatic rings. The number of amides is 2. The van der Waals surface area contributed by atoms with E-state index in [-0.39, 0.29) is 23.6 Å². The maximum absolute atomic E-state index is 12.6. The highest BCUT2D eigenvalue weighted by Crippen LogP contribution is 2.21. The number of benzene rings is 2. The summed E-state index contributed by atoms with van der Waals surface area (Å²) in [6, 6.07) is 14.8. The molecule has 0 bridgehead atoms. The van der Waals surface area contributed by atoms with Crippen LogP contribution in [0.1, 0.15) is 47.2 Å². The summed E-state index contributed by atoms with van der Waals surface area (Å²) in [4.78, 5) is 25.0. The average Bonchev–Trinajstić information content (AvgIpc) is 3.21. The Morgan fingerprint density at radius 3 is 2.45 bits per heavy atom. The van der Waals surface area contributed by atoms with Crippen molar-refractivity contribution in [2.75, 3.05) is 11.1 Å². The van der Waals surface area contributed by atoms with Crippen molar-refractivity contribution in [3.05, 3.63) is 83.7 Å². The summed E-state index contributed by atoms with van der Waals surface area (Å²) in [6.07, 6.45) is 2.69. The Morgan fingerprint density at radius 2 is 1.82 bits per heavy atom. The number of aryl methyl sites for hydroxylation is 2. The van der Waals surface area contributed by atoms with Crippen molar-refractivity contribution < 1.29 is 9.59 Å². The topological polar surface area (TPSA) is 88.9 Å². The fraction of sp³-hybridized carbons (Fsp3) is 0.280. The van der Waals surface area contributed by atoms with E-state index in [4.69, 9.17) is 0 Å². The number of aromatic nitrogens is 3. The highest BCUT2D eigenvalue weighted by Gasteiger charge is 2.20. The lowest BCUT2D eigenvalue weighted by Crippen LogP contribution is -2.28. The van der Waals surface area contributed by atoms with E-state index in [1.165, 1.54) is 17.3 Å². The first-order valence-corrected chi connectivity index (χ1v) is 11.8. The fourth-order valence-corrected chi connectivity index (χ4v) is 3.98. The first-order chi connectivity index (χ1) is 15.9. The minimum Gasteiger partial charge on any atom is -0.342 e. The molecule has 1 heterocycles. The van der Waals surface area contributed by atoms with Crippen LogP contribution in [-0.4, -0.2) is 32.3 Å². The van der Waals surface area contributed by atoms with E-state index in [1.807, 2.05) is 54.8 Å². The summed E-state index contributed by atoms with van der Waals surface area (Å²) >= 11 is 1.29. The molecule has 2 aromatic carbocycles. The molecule has 0 unspecified atom stereocenters. The quantitative estimate of drug-likeness (QED) is 0.340. The Balaban J connectivity index is 1.64. The zero-order chi connectivity index (χ0) is 23.8. The standard InChI is InChI=1S/C25H29N5O2S/c1-5-15-30-23(18(4)26-24(32)20-11-7-17(3)8-12-20)28-29-25(30)33-16-22(31)27-21-13-9-19(6-2)10-14-21/h5,7-14,18H,1,6,15-16H2,2-4H3,(H,26,32)(H,27,31)/t18-/m1/s1. The molecule has 0 saturated heterocycles. The van der Waals surface area contributed by atoms with Gasteiger partial charge in [0.25, 0.3) is 5.91 Å². The molecule has 2 amide bonds. The van der Waals surface area contributed by atoms with Gasteiger partial charge in [-0.1, -0.05) is 54.6 Å². The van der Waals surface area contributed by atoms with Crippen molar-refractivity contribution in [3.8, 4) is 0 Å². The Morgan fingerprint density at radius 1 is 1.12 bits per heavy atom. The number of hydrogen-bond donors (Lipinski definition) is 2. The van der Waals surface area contributed by atoms with Crippen molar-refractivity contribution in [1.82, 2.24) is 20.1 Å². The van der Waals surface area contributed by atoms with Gasteiger partial charge in [-0.05, 0) is 50.1 Å². The van der Waals surface area contributed by atoms with Crippen LogP contribution in [0.4, 0.5) is 5.69 Å². The zero-order valence-electron chi connectivity index (χ0n) is 19.2. The van der Waals surface area contributed by atoms with Gasteiger partial charge in [0.1, 0.15) is 0 Å². The summed E-state index contributed by atoms with van der Waals surface area (Å²) < 4.78 is 1.86. The molecule has 172 valence electrons. The van der Waals surface area contributed by atoms with Crippen molar-refractivity contribution in [2.45, 2.75) is 44.9 Å². The first-order valence-electron chi connectivity index (χ1n) is 10.8. The lowest BCUT2D eigenvalue weighted by molar-refractivity contribution is -0.113. The van der Waals surface area contributed by atoms with Gasteiger partial charge in [0.05, 0.1) is 11.8 Å². The highest BCUT2D eigenvalue weighted by atomic mass is 32.2. The largest absolute Gasteiger partial charge is 0.342 e. The lowest BCUT2D eigenvalue weighted by Gasteiger charge is -2.15. The van der Waals surface area contributed by atoms with Crippen LogP contribution >= 0.6 is 11.8 Å². The van der Waals surface area contributed by atoms with Crippen LogP contribution < -0.4 is 10.6 Å². The van der Waals surface area contributed by atoms with E-state index in [1.54, 1.807) is 18.2 Å². The molecule has 1 aromatic heterocycles. The number of carbonyl (C=O) groups is 2. The van der Waals surface area contributed by atoms with Crippen molar-refractivity contribution in [1.29, 1.82) is 0 Å². The predicted octanol–water partition coefficient (Wildman–Crippen LogP) is 4.56. The fourth-order valence-electron chi connectivity index (χ4n) is 3.23. The minimum atomic E-state index is -0.369. The zero-order valence-corrected chi connectivity index (χ0v) is 20.0. The van der Waals surface area contributed by atoms with Gasteiger partial charge >= 0.3 is 0 Å². The molecule has 1 atom stereocenters. The second kappa shape index (κ2) is 11.5. The van der Waals surface area contributed by atoms with Crippen molar-refractivity contribution in [2.24, 2.45) is 0 Å². The van der Waals surface area contributed by atoms with E-state index >= 15 is 0 Å². The number of allylic oxidation sites excluding steroid dienone is 1. The van der Waals surface area contributed by atoms with Gasteiger partial charge in [-0.2, -0.15) is 0 Å². The number of nitrogens with zero attached hydrogens (tertiary/aromatic N) is 3. The molecule has 2 N–H and O–H groups in total. The number of hydrogen-bond acceptors (Lipinski definition) is 5. The van der Waals surface area contributed by atoms with Gasteiger partial charge in [0.2, 0.25) is 5.91 Å². The Bertz CT molecular complexity index is 1110. The van der Waals surface area contributed by atoms with Gasteiger partial charge in [-0.25, -0.2) is 0 Å². The number of thioether (sulfide) groups is 1. The molecule has 0 spiro atoms. The molecule has 0 aliphatic rings. The molecular formula is C25H29N5O2S. The van der Waals surface area contributed by atoms with Crippen molar-refractivity contribution >= 4 is 29.3 Å². The first kappa shape index (κ1) is 24.3. The molecule has 7 nitrogen and oxygen atoms in total. The maximum atomic E-state index is 12.6. The van der Waals surface area contributed by atoms with E-state index in [0.717, 1.165) is 17.7 Å². The molecule has 0 aliphatic heterocycles. The van der Waals surface area contributed by atoms with Gasteiger partial charge in [-0.3, -0.25) is 9.59 Å². The molecule has 3 rings (SSSR count). The van der Waals surface area contributed by atoms with Gasteiger partial charge in [0, 0.05) is 17.8 Å². The van der Waals surface area contributed by atoms with E-state index < -0.39 is 0 Å².